The van der Waals surface area contributed by atoms with E-state index in [1.807, 2.05) is 86.6 Å². The Hall–Kier alpha value is -4.70. The van der Waals surface area contributed by atoms with Gasteiger partial charge >= 0.3 is 0 Å². The molecule has 0 heterocycles. The molecule has 0 amide bonds. The molecular formula is C34H30O4. The van der Waals surface area contributed by atoms with Gasteiger partial charge in [0.1, 0.15) is 11.5 Å². The van der Waals surface area contributed by atoms with Crippen molar-refractivity contribution in [2.24, 2.45) is 0 Å². The highest BCUT2D eigenvalue weighted by atomic mass is 16.3. The molecule has 0 unspecified atom stereocenters. The van der Waals surface area contributed by atoms with Crippen LogP contribution in [0.5, 0.6) is 0 Å². The summed E-state index contributed by atoms with van der Waals surface area (Å²) in [6, 6.07) is 29.8. The van der Waals surface area contributed by atoms with Crippen LogP contribution in [0.1, 0.15) is 33.4 Å². The zero-order valence-corrected chi connectivity index (χ0v) is 21.5. The number of ketones is 2. The summed E-state index contributed by atoms with van der Waals surface area (Å²) in [6.07, 6.45) is 2.72. The minimum atomic E-state index is -0.227. The minimum absolute atomic E-state index is 0.0707. The molecule has 0 radical (unpaired) electrons. The van der Waals surface area contributed by atoms with Crippen molar-refractivity contribution in [3.8, 4) is 11.1 Å². The number of benzene rings is 4. The molecule has 4 nitrogen and oxygen atoms in total. The number of carbonyl (C=O) groups excluding carboxylic acids is 2. The topological polar surface area (TPSA) is 74.6 Å². The van der Waals surface area contributed by atoms with Gasteiger partial charge in [-0.05, 0) is 36.1 Å². The van der Waals surface area contributed by atoms with Gasteiger partial charge in [0.05, 0.1) is 0 Å². The van der Waals surface area contributed by atoms with E-state index in [-0.39, 0.29) is 35.9 Å². The second kappa shape index (κ2) is 12.0. The summed E-state index contributed by atoms with van der Waals surface area (Å²) in [7, 11) is 0. The van der Waals surface area contributed by atoms with Crippen LogP contribution in [-0.4, -0.2) is 21.8 Å². The van der Waals surface area contributed by atoms with Gasteiger partial charge in [-0.15, -0.1) is 0 Å². The van der Waals surface area contributed by atoms with Crippen LogP contribution in [-0.2, 0) is 22.4 Å². The molecule has 0 fully saturated rings. The lowest BCUT2D eigenvalue weighted by Gasteiger charge is -2.13. The predicted molar refractivity (Wildman–Crippen MR) is 153 cm³/mol. The molecule has 4 aromatic rings. The maximum absolute atomic E-state index is 12.9. The van der Waals surface area contributed by atoms with Gasteiger partial charge in [0.2, 0.25) is 0 Å². The second-order valence-electron chi connectivity index (χ2n) is 9.39. The number of carbonyl (C=O) groups is 2. The number of aliphatic hydroxyl groups is 2. The van der Waals surface area contributed by atoms with Crippen molar-refractivity contribution >= 4 is 23.1 Å². The summed E-state index contributed by atoms with van der Waals surface area (Å²) in [6.45, 7) is 3.92. The summed E-state index contributed by atoms with van der Waals surface area (Å²) < 4.78 is 0. The fourth-order valence-corrected chi connectivity index (χ4v) is 4.27. The number of aliphatic hydroxyl groups excluding tert-OH is 2. The molecule has 4 heteroatoms. The van der Waals surface area contributed by atoms with E-state index in [2.05, 4.69) is 0 Å². The Balaban J connectivity index is 1.56. The van der Waals surface area contributed by atoms with Crippen LogP contribution in [0.4, 0.5) is 0 Å². The zero-order chi connectivity index (χ0) is 27.1. The van der Waals surface area contributed by atoms with Crippen molar-refractivity contribution < 1.29 is 19.8 Å². The first-order valence-corrected chi connectivity index (χ1v) is 12.5. The Kier molecular flexibility index (Phi) is 8.34. The second-order valence-corrected chi connectivity index (χ2v) is 9.39. The Bertz CT molecular complexity index is 1390. The average Bonchev–Trinajstić information content (AvgIpc) is 2.90. The SMILES string of the molecule is Cc1ccc(/C(O)=C/C(=O)Cc2ccccc2-c2ccccc2CC(=O)/C=C(\O)c2ccc(C)cc2)cc1. The minimum Gasteiger partial charge on any atom is -0.507 e. The van der Waals surface area contributed by atoms with E-state index in [1.165, 1.54) is 12.2 Å². The Morgan fingerprint density at radius 1 is 0.553 bits per heavy atom. The lowest BCUT2D eigenvalue weighted by Crippen LogP contribution is -2.05. The van der Waals surface area contributed by atoms with Gasteiger partial charge in [-0.25, -0.2) is 0 Å². The third kappa shape index (κ3) is 6.74. The van der Waals surface area contributed by atoms with E-state index >= 15 is 0 Å². The highest BCUT2D eigenvalue weighted by Crippen LogP contribution is 2.29. The molecule has 4 rings (SSSR count). The van der Waals surface area contributed by atoms with Crippen molar-refractivity contribution in [3.63, 3.8) is 0 Å². The standard InChI is InChI=1S/C34H30O4/c1-23-11-15-25(16-12-23)33(37)21-29(35)19-27-7-3-5-9-31(27)32-10-6-4-8-28(32)20-30(36)22-34(38)26-17-13-24(2)14-18-26/h3-18,21-22,37-38H,19-20H2,1-2H3/b33-21-,34-22-. The molecule has 0 atom stereocenters. The molecule has 4 aromatic carbocycles. The molecule has 0 saturated carbocycles. The van der Waals surface area contributed by atoms with Crippen LogP contribution < -0.4 is 0 Å². The molecule has 0 saturated heterocycles. The first kappa shape index (κ1) is 26.4. The summed E-state index contributed by atoms with van der Waals surface area (Å²) in [4.78, 5) is 25.7. The van der Waals surface area contributed by atoms with Gasteiger partial charge < -0.3 is 10.2 Å². The lowest BCUT2D eigenvalue weighted by atomic mass is 9.91. The molecule has 0 aliphatic heterocycles. The van der Waals surface area contributed by atoms with Crippen molar-refractivity contribution in [2.75, 3.05) is 0 Å². The fraction of sp³-hybridized carbons (Fsp3) is 0.118. The first-order valence-electron chi connectivity index (χ1n) is 12.5. The Labute approximate surface area is 223 Å². The van der Waals surface area contributed by atoms with Crippen molar-refractivity contribution in [1.82, 2.24) is 0 Å². The van der Waals surface area contributed by atoms with Crippen molar-refractivity contribution in [1.29, 1.82) is 0 Å². The summed E-state index contributed by atoms with van der Waals surface area (Å²) in [5, 5.41) is 20.9. The average molecular weight is 503 g/mol. The maximum atomic E-state index is 12.9. The van der Waals surface area contributed by atoms with E-state index in [0.717, 1.165) is 33.4 Å². The molecule has 0 aromatic heterocycles. The van der Waals surface area contributed by atoms with Crippen molar-refractivity contribution in [2.45, 2.75) is 26.7 Å². The number of allylic oxidation sites excluding steroid dienone is 2. The van der Waals surface area contributed by atoms with Crippen LogP contribution >= 0.6 is 0 Å². The summed E-state index contributed by atoms with van der Waals surface area (Å²) in [5.74, 6) is -0.595. The van der Waals surface area contributed by atoms with E-state index in [0.29, 0.717) is 11.1 Å². The van der Waals surface area contributed by atoms with E-state index < -0.39 is 0 Å². The van der Waals surface area contributed by atoms with E-state index in [4.69, 9.17) is 0 Å². The maximum Gasteiger partial charge on any atom is 0.163 e. The van der Waals surface area contributed by atoms with Crippen LogP contribution in [0.2, 0.25) is 0 Å². The molecule has 0 spiro atoms. The third-order valence-corrected chi connectivity index (χ3v) is 6.34. The molecule has 0 aliphatic carbocycles. The lowest BCUT2D eigenvalue weighted by molar-refractivity contribution is -0.114. The van der Waals surface area contributed by atoms with Gasteiger partial charge in [-0.2, -0.15) is 0 Å². The highest BCUT2D eigenvalue weighted by molar-refractivity contribution is 5.99. The number of rotatable bonds is 9. The monoisotopic (exact) mass is 502 g/mol. The molecular weight excluding hydrogens is 472 g/mol. The highest BCUT2D eigenvalue weighted by Gasteiger charge is 2.14. The molecule has 38 heavy (non-hydrogen) atoms. The van der Waals surface area contributed by atoms with Crippen LogP contribution in [0.15, 0.2) is 109 Å². The van der Waals surface area contributed by atoms with Crippen LogP contribution in [0.3, 0.4) is 0 Å². The Morgan fingerprint density at radius 2 is 0.895 bits per heavy atom. The normalized spacial score (nSPS) is 11.8. The van der Waals surface area contributed by atoms with Crippen LogP contribution in [0.25, 0.3) is 22.6 Å². The predicted octanol–water partition coefficient (Wildman–Crippen LogP) is 7.39. The van der Waals surface area contributed by atoms with Gasteiger partial charge in [-0.1, -0.05) is 108 Å². The molecule has 2 N–H and O–H groups in total. The summed E-state index contributed by atoms with van der Waals surface area (Å²) in [5.41, 5.74) is 6.59. The van der Waals surface area contributed by atoms with Gasteiger partial charge in [-0.3, -0.25) is 9.59 Å². The van der Waals surface area contributed by atoms with Gasteiger partial charge in [0.15, 0.2) is 11.6 Å². The Morgan fingerprint density at radius 3 is 1.26 bits per heavy atom. The molecule has 0 aliphatic rings. The smallest absolute Gasteiger partial charge is 0.163 e. The van der Waals surface area contributed by atoms with E-state index in [9.17, 15) is 19.8 Å². The van der Waals surface area contributed by atoms with Crippen molar-refractivity contribution in [3.05, 3.63) is 143 Å². The molecule has 190 valence electrons. The number of hydrogen-bond acceptors (Lipinski definition) is 4. The number of hydrogen-bond donors (Lipinski definition) is 2. The first-order chi connectivity index (χ1) is 18.3. The summed E-state index contributed by atoms with van der Waals surface area (Å²) >= 11 is 0. The molecule has 0 bridgehead atoms. The number of aryl methyl sites for hydroxylation is 2. The quantitative estimate of drug-likeness (QED) is 0.185. The largest absolute Gasteiger partial charge is 0.507 e. The van der Waals surface area contributed by atoms with E-state index in [1.54, 1.807) is 24.3 Å². The fourth-order valence-electron chi connectivity index (χ4n) is 4.27. The van der Waals surface area contributed by atoms with Crippen LogP contribution in [0, 0.1) is 13.8 Å². The third-order valence-electron chi connectivity index (χ3n) is 6.34. The zero-order valence-electron chi connectivity index (χ0n) is 21.5. The van der Waals surface area contributed by atoms with Gasteiger partial charge in [0.25, 0.3) is 0 Å². The van der Waals surface area contributed by atoms with Gasteiger partial charge in [0, 0.05) is 36.1 Å².